The molecule has 3 nitrogen and oxygen atoms in total. The molecule has 0 bridgehead atoms. The topological polar surface area (TPSA) is 34.1 Å². The first-order valence-corrected chi connectivity index (χ1v) is 7.05. The highest BCUT2D eigenvalue weighted by molar-refractivity contribution is 5.50. The van der Waals surface area contributed by atoms with Crippen molar-refractivity contribution in [1.82, 2.24) is 4.98 Å². The van der Waals surface area contributed by atoms with Gasteiger partial charge in [0, 0.05) is 12.2 Å². The van der Waals surface area contributed by atoms with E-state index >= 15 is 0 Å². The zero-order chi connectivity index (χ0) is 13.0. The van der Waals surface area contributed by atoms with Crippen molar-refractivity contribution in [3.05, 3.63) is 18.3 Å². The van der Waals surface area contributed by atoms with Gasteiger partial charge in [-0.05, 0) is 50.2 Å². The van der Waals surface area contributed by atoms with Crippen molar-refractivity contribution in [2.75, 3.05) is 11.9 Å². The minimum atomic E-state index is 0.523. The lowest BCUT2D eigenvalue weighted by atomic mass is 9.80. The summed E-state index contributed by atoms with van der Waals surface area (Å²) < 4.78 is 5.61. The quantitative estimate of drug-likeness (QED) is 0.882. The monoisotopic (exact) mass is 248 g/mol. The van der Waals surface area contributed by atoms with E-state index in [-0.39, 0.29) is 0 Å². The Bertz CT molecular complexity index is 381. The normalized spacial score (nSPS) is 27.8. The standard InChI is InChI=1S/C15H24N2O/c1-4-18-14-6-5-9-16-15(14)17-13-8-7-11(2)10-12(13)3/h5-6,9,11-13H,4,7-8,10H2,1-3H3,(H,16,17). The summed E-state index contributed by atoms with van der Waals surface area (Å²) in [7, 11) is 0. The average molecular weight is 248 g/mol. The van der Waals surface area contributed by atoms with Gasteiger partial charge in [-0.15, -0.1) is 0 Å². The van der Waals surface area contributed by atoms with Crippen LogP contribution in [0, 0.1) is 11.8 Å². The molecule has 1 heterocycles. The van der Waals surface area contributed by atoms with Crippen LogP contribution in [0.4, 0.5) is 5.82 Å². The molecule has 18 heavy (non-hydrogen) atoms. The fourth-order valence-electron chi connectivity index (χ4n) is 2.83. The molecule has 0 amide bonds. The van der Waals surface area contributed by atoms with E-state index in [4.69, 9.17) is 4.74 Å². The van der Waals surface area contributed by atoms with Crippen LogP contribution in [-0.4, -0.2) is 17.6 Å². The Balaban J connectivity index is 2.04. The zero-order valence-electron chi connectivity index (χ0n) is 11.6. The van der Waals surface area contributed by atoms with Crippen molar-refractivity contribution in [3.63, 3.8) is 0 Å². The van der Waals surface area contributed by atoms with Crippen LogP contribution >= 0.6 is 0 Å². The van der Waals surface area contributed by atoms with Crippen LogP contribution < -0.4 is 10.1 Å². The van der Waals surface area contributed by atoms with E-state index in [0.717, 1.165) is 17.5 Å². The molecule has 2 rings (SSSR count). The van der Waals surface area contributed by atoms with Gasteiger partial charge in [0.15, 0.2) is 11.6 Å². The minimum Gasteiger partial charge on any atom is -0.490 e. The van der Waals surface area contributed by atoms with Gasteiger partial charge < -0.3 is 10.1 Å². The number of pyridine rings is 1. The molecular formula is C15H24N2O. The van der Waals surface area contributed by atoms with E-state index in [2.05, 4.69) is 24.1 Å². The molecule has 0 radical (unpaired) electrons. The van der Waals surface area contributed by atoms with Crippen LogP contribution in [0.25, 0.3) is 0 Å². The second kappa shape index (κ2) is 6.07. The fourth-order valence-corrected chi connectivity index (χ4v) is 2.83. The SMILES string of the molecule is CCOc1cccnc1NC1CCC(C)CC1C. The molecule has 0 spiro atoms. The predicted molar refractivity (Wildman–Crippen MR) is 75.0 cm³/mol. The Morgan fingerprint density at radius 2 is 2.22 bits per heavy atom. The van der Waals surface area contributed by atoms with Crippen LogP contribution in [0.5, 0.6) is 5.75 Å². The molecular weight excluding hydrogens is 224 g/mol. The van der Waals surface area contributed by atoms with Crippen molar-refractivity contribution < 1.29 is 4.74 Å². The average Bonchev–Trinajstić information content (AvgIpc) is 2.35. The Morgan fingerprint density at radius 1 is 1.39 bits per heavy atom. The summed E-state index contributed by atoms with van der Waals surface area (Å²) in [6.07, 6.45) is 5.65. The van der Waals surface area contributed by atoms with E-state index in [9.17, 15) is 0 Å². The van der Waals surface area contributed by atoms with Gasteiger partial charge in [-0.1, -0.05) is 13.8 Å². The highest BCUT2D eigenvalue weighted by Crippen LogP contribution is 2.32. The molecule has 1 aliphatic carbocycles. The number of aromatic nitrogens is 1. The number of ether oxygens (including phenoxy) is 1. The van der Waals surface area contributed by atoms with Gasteiger partial charge in [0.05, 0.1) is 6.61 Å². The molecule has 1 aromatic rings. The molecule has 1 N–H and O–H groups in total. The predicted octanol–water partition coefficient (Wildman–Crippen LogP) is 3.72. The maximum absolute atomic E-state index is 5.61. The fraction of sp³-hybridized carbons (Fsp3) is 0.667. The van der Waals surface area contributed by atoms with E-state index in [1.165, 1.54) is 19.3 Å². The summed E-state index contributed by atoms with van der Waals surface area (Å²) in [6.45, 7) is 7.36. The molecule has 1 aromatic heterocycles. The van der Waals surface area contributed by atoms with Gasteiger partial charge in [0.1, 0.15) is 0 Å². The molecule has 1 aliphatic rings. The summed E-state index contributed by atoms with van der Waals surface area (Å²) in [5, 5.41) is 3.57. The van der Waals surface area contributed by atoms with Crippen molar-refractivity contribution in [2.45, 2.75) is 46.1 Å². The number of anilines is 1. The first-order valence-electron chi connectivity index (χ1n) is 7.05. The molecule has 3 atom stereocenters. The maximum Gasteiger partial charge on any atom is 0.168 e. The number of rotatable bonds is 4. The van der Waals surface area contributed by atoms with Gasteiger partial charge in [0.2, 0.25) is 0 Å². The third-order valence-electron chi connectivity index (χ3n) is 3.82. The number of hydrogen-bond acceptors (Lipinski definition) is 3. The number of hydrogen-bond donors (Lipinski definition) is 1. The minimum absolute atomic E-state index is 0.523. The van der Waals surface area contributed by atoms with Crippen LogP contribution in [0.3, 0.4) is 0 Å². The second-order valence-corrected chi connectivity index (χ2v) is 5.43. The Labute approximate surface area is 110 Å². The van der Waals surface area contributed by atoms with Crippen molar-refractivity contribution in [2.24, 2.45) is 11.8 Å². The Hall–Kier alpha value is -1.25. The first-order chi connectivity index (χ1) is 8.70. The van der Waals surface area contributed by atoms with Crippen LogP contribution in [0.1, 0.15) is 40.0 Å². The summed E-state index contributed by atoms with van der Waals surface area (Å²) in [4.78, 5) is 4.41. The van der Waals surface area contributed by atoms with Gasteiger partial charge in [-0.25, -0.2) is 4.98 Å². The van der Waals surface area contributed by atoms with E-state index in [1.54, 1.807) is 0 Å². The highest BCUT2D eigenvalue weighted by Gasteiger charge is 2.26. The van der Waals surface area contributed by atoms with Crippen LogP contribution in [0.2, 0.25) is 0 Å². The maximum atomic E-state index is 5.61. The molecule has 0 aromatic carbocycles. The van der Waals surface area contributed by atoms with Gasteiger partial charge in [-0.2, -0.15) is 0 Å². The zero-order valence-corrected chi connectivity index (χ0v) is 11.6. The lowest BCUT2D eigenvalue weighted by Gasteiger charge is -2.33. The van der Waals surface area contributed by atoms with E-state index in [0.29, 0.717) is 18.6 Å². The van der Waals surface area contributed by atoms with Crippen LogP contribution in [-0.2, 0) is 0 Å². The van der Waals surface area contributed by atoms with Gasteiger partial charge in [0.25, 0.3) is 0 Å². The highest BCUT2D eigenvalue weighted by atomic mass is 16.5. The summed E-state index contributed by atoms with van der Waals surface area (Å²) in [6, 6.07) is 4.42. The molecule has 0 aliphatic heterocycles. The molecule has 100 valence electrons. The third-order valence-corrected chi connectivity index (χ3v) is 3.82. The largest absolute Gasteiger partial charge is 0.490 e. The van der Waals surface area contributed by atoms with Crippen LogP contribution in [0.15, 0.2) is 18.3 Å². The first kappa shape index (κ1) is 13.2. The number of nitrogens with one attached hydrogen (secondary N) is 1. The Morgan fingerprint density at radius 3 is 2.94 bits per heavy atom. The summed E-state index contributed by atoms with van der Waals surface area (Å²) in [5.74, 6) is 3.31. The molecule has 1 saturated carbocycles. The summed E-state index contributed by atoms with van der Waals surface area (Å²) in [5.41, 5.74) is 0. The van der Waals surface area contributed by atoms with E-state index in [1.807, 2.05) is 25.3 Å². The number of nitrogens with zero attached hydrogens (tertiary/aromatic N) is 1. The molecule has 1 fully saturated rings. The van der Waals surface area contributed by atoms with Crippen molar-refractivity contribution >= 4 is 5.82 Å². The van der Waals surface area contributed by atoms with Gasteiger partial charge >= 0.3 is 0 Å². The Kier molecular flexibility index (Phi) is 4.45. The smallest absolute Gasteiger partial charge is 0.168 e. The third kappa shape index (κ3) is 3.15. The van der Waals surface area contributed by atoms with E-state index < -0.39 is 0 Å². The molecule has 0 saturated heterocycles. The van der Waals surface area contributed by atoms with Gasteiger partial charge in [-0.3, -0.25) is 0 Å². The summed E-state index contributed by atoms with van der Waals surface area (Å²) >= 11 is 0. The lowest BCUT2D eigenvalue weighted by Crippen LogP contribution is -2.33. The molecule has 3 unspecified atom stereocenters. The second-order valence-electron chi connectivity index (χ2n) is 5.43. The molecule has 3 heteroatoms. The lowest BCUT2D eigenvalue weighted by molar-refractivity contribution is 0.275. The van der Waals surface area contributed by atoms with Crippen molar-refractivity contribution in [3.8, 4) is 5.75 Å². The van der Waals surface area contributed by atoms with Crippen molar-refractivity contribution in [1.29, 1.82) is 0 Å².